The summed E-state index contributed by atoms with van der Waals surface area (Å²) in [6.07, 6.45) is 9.55. The standard InChI is InChI=1S/C16H24N5O2S/c1-17-24(22,23)10-13-5-3-12(4-6-13)9-21(2)16-14-7-8-18-15(14)19-11-20-16/h7-9,11-13,17H,3-6,10H2,1-2H3,(H,18,19,20)/q+1. The molecule has 0 aromatic carbocycles. The van der Waals surface area contributed by atoms with E-state index in [-0.39, 0.29) is 11.7 Å². The summed E-state index contributed by atoms with van der Waals surface area (Å²) in [6.45, 7) is 0. The van der Waals surface area contributed by atoms with Crippen LogP contribution in [-0.2, 0) is 10.0 Å². The zero-order valence-electron chi connectivity index (χ0n) is 14.1. The molecular weight excluding hydrogens is 326 g/mol. The van der Waals surface area contributed by atoms with E-state index in [1.165, 1.54) is 7.05 Å². The summed E-state index contributed by atoms with van der Waals surface area (Å²) in [5.41, 5.74) is 0.834. The third-order valence-electron chi connectivity index (χ3n) is 4.76. The number of nitrogens with zero attached hydrogens (tertiary/aromatic N) is 3. The minimum Gasteiger partial charge on any atom is -0.346 e. The quantitative estimate of drug-likeness (QED) is 0.634. The first-order valence-corrected chi connectivity index (χ1v) is 9.91. The Morgan fingerprint density at radius 1 is 1.33 bits per heavy atom. The molecular formula is C16H24N5O2S+. The topological polar surface area (TPSA) is 90.8 Å². The van der Waals surface area contributed by atoms with Gasteiger partial charge in [-0.2, -0.15) is 4.98 Å². The fraction of sp³-hybridized carbons (Fsp3) is 0.562. The van der Waals surface area contributed by atoms with E-state index >= 15 is 0 Å². The first-order chi connectivity index (χ1) is 11.5. The van der Waals surface area contributed by atoms with Crippen LogP contribution < -0.4 is 4.72 Å². The van der Waals surface area contributed by atoms with Crippen LogP contribution in [0.3, 0.4) is 0 Å². The van der Waals surface area contributed by atoms with Crippen LogP contribution in [0.5, 0.6) is 0 Å². The minimum atomic E-state index is -3.11. The van der Waals surface area contributed by atoms with Gasteiger partial charge < -0.3 is 4.98 Å². The Kier molecular flexibility index (Phi) is 4.96. The van der Waals surface area contributed by atoms with Gasteiger partial charge in [-0.05, 0) is 49.7 Å². The number of aromatic amines is 1. The Balaban J connectivity index is 1.67. The van der Waals surface area contributed by atoms with E-state index in [1.807, 2.05) is 19.3 Å². The maximum Gasteiger partial charge on any atom is 0.335 e. The number of hydrogen-bond acceptors (Lipinski definition) is 4. The molecule has 2 aromatic heterocycles. The molecule has 2 aromatic rings. The SMILES string of the molecule is CNS(=O)(=O)CC1CCC(C=[N+](C)c2ncnc3[nH]ccc23)CC1. The van der Waals surface area contributed by atoms with Crippen molar-refractivity contribution in [1.29, 1.82) is 0 Å². The summed E-state index contributed by atoms with van der Waals surface area (Å²) >= 11 is 0. The number of nitrogens with one attached hydrogen (secondary N) is 2. The fourth-order valence-corrected chi connectivity index (χ4v) is 4.54. The summed E-state index contributed by atoms with van der Waals surface area (Å²) in [5.74, 6) is 1.84. The molecule has 0 amide bonds. The second-order valence-electron chi connectivity index (χ2n) is 6.46. The van der Waals surface area contributed by atoms with Gasteiger partial charge in [0, 0.05) is 12.1 Å². The maximum atomic E-state index is 11.7. The van der Waals surface area contributed by atoms with E-state index in [0.29, 0.717) is 5.92 Å². The van der Waals surface area contributed by atoms with Crippen molar-refractivity contribution < 1.29 is 13.0 Å². The Morgan fingerprint density at radius 2 is 2.08 bits per heavy atom. The van der Waals surface area contributed by atoms with Crippen molar-refractivity contribution in [3.8, 4) is 0 Å². The molecule has 0 spiro atoms. The maximum absolute atomic E-state index is 11.7. The molecule has 24 heavy (non-hydrogen) atoms. The first-order valence-electron chi connectivity index (χ1n) is 8.25. The average Bonchev–Trinajstić information content (AvgIpc) is 3.05. The molecule has 0 saturated heterocycles. The predicted octanol–water partition coefficient (Wildman–Crippen LogP) is 1.66. The molecule has 0 aliphatic heterocycles. The third kappa shape index (κ3) is 3.81. The van der Waals surface area contributed by atoms with E-state index in [2.05, 4.69) is 30.5 Å². The molecule has 0 radical (unpaired) electrons. The molecule has 1 aliphatic rings. The summed E-state index contributed by atoms with van der Waals surface area (Å²) < 4.78 is 27.8. The van der Waals surface area contributed by atoms with Gasteiger partial charge in [-0.15, -0.1) is 0 Å². The van der Waals surface area contributed by atoms with Crippen molar-refractivity contribution in [3.05, 3.63) is 18.6 Å². The molecule has 0 unspecified atom stereocenters. The second-order valence-corrected chi connectivity index (χ2v) is 8.43. The molecule has 2 N–H and O–H groups in total. The molecule has 1 aliphatic carbocycles. The Morgan fingerprint density at radius 3 is 2.79 bits per heavy atom. The van der Waals surface area contributed by atoms with Gasteiger partial charge in [0.2, 0.25) is 16.4 Å². The van der Waals surface area contributed by atoms with Gasteiger partial charge in [0.1, 0.15) is 11.0 Å². The fourth-order valence-electron chi connectivity index (χ4n) is 3.42. The lowest BCUT2D eigenvalue weighted by molar-refractivity contribution is -0.405. The van der Waals surface area contributed by atoms with E-state index in [9.17, 15) is 8.42 Å². The van der Waals surface area contributed by atoms with Crippen LogP contribution in [0.1, 0.15) is 25.7 Å². The average molecular weight is 350 g/mol. The lowest BCUT2D eigenvalue weighted by Gasteiger charge is -2.25. The number of H-pyrrole nitrogens is 1. The van der Waals surface area contributed by atoms with Crippen molar-refractivity contribution in [2.24, 2.45) is 11.8 Å². The van der Waals surface area contributed by atoms with Gasteiger partial charge in [0.25, 0.3) is 0 Å². The lowest BCUT2D eigenvalue weighted by Crippen LogP contribution is -2.29. The number of fused-ring (bicyclic) bond motifs is 1. The normalized spacial score (nSPS) is 22.8. The van der Waals surface area contributed by atoms with Crippen molar-refractivity contribution in [2.45, 2.75) is 25.7 Å². The van der Waals surface area contributed by atoms with Crippen LogP contribution in [0.15, 0.2) is 18.6 Å². The molecule has 8 heteroatoms. The van der Waals surface area contributed by atoms with Crippen LogP contribution in [0.25, 0.3) is 11.0 Å². The summed E-state index contributed by atoms with van der Waals surface area (Å²) in [7, 11) is 0.374. The smallest absolute Gasteiger partial charge is 0.335 e. The molecule has 1 fully saturated rings. The third-order valence-corrected chi connectivity index (χ3v) is 6.29. The van der Waals surface area contributed by atoms with E-state index < -0.39 is 10.0 Å². The minimum absolute atomic E-state index is 0.238. The summed E-state index contributed by atoms with van der Waals surface area (Å²) in [4.78, 5) is 11.7. The summed E-state index contributed by atoms with van der Waals surface area (Å²) in [5, 5.41) is 1.00. The van der Waals surface area contributed by atoms with Gasteiger partial charge in [0.05, 0.1) is 19.0 Å². The number of sulfonamides is 1. The van der Waals surface area contributed by atoms with Gasteiger partial charge in [0.15, 0.2) is 0 Å². The van der Waals surface area contributed by atoms with Gasteiger partial charge in [-0.25, -0.2) is 17.7 Å². The molecule has 130 valence electrons. The summed E-state index contributed by atoms with van der Waals surface area (Å²) in [6, 6.07) is 1.98. The monoisotopic (exact) mass is 350 g/mol. The van der Waals surface area contributed by atoms with Gasteiger partial charge >= 0.3 is 5.82 Å². The zero-order valence-corrected chi connectivity index (χ0v) is 14.9. The molecule has 0 atom stereocenters. The number of hydrogen-bond donors (Lipinski definition) is 2. The molecule has 0 bridgehead atoms. The molecule has 3 rings (SSSR count). The van der Waals surface area contributed by atoms with Crippen LogP contribution in [-0.4, -0.2) is 54.0 Å². The van der Waals surface area contributed by atoms with Crippen molar-refractivity contribution in [2.75, 3.05) is 19.8 Å². The largest absolute Gasteiger partial charge is 0.346 e. The Bertz CT molecular complexity index is 835. The predicted molar refractivity (Wildman–Crippen MR) is 94.1 cm³/mol. The number of rotatable bonds is 5. The highest BCUT2D eigenvalue weighted by atomic mass is 32.2. The van der Waals surface area contributed by atoms with Gasteiger partial charge in [-0.1, -0.05) is 0 Å². The molecule has 1 saturated carbocycles. The first kappa shape index (κ1) is 17.0. The zero-order chi connectivity index (χ0) is 17.2. The number of aromatic nitrogens is 3. The lowest BCUT2D eigenvalue weighted by atomic mass is 9.83. The Labute approximate surface area is 142 Å². The molecule has 7 nitrogen and oxygen atoms in total. The van der Waals surface area contributed by atoms with E-state index in [4.69, 9.17) is 0 Å². The second kappa shape index (κ2) is 6.98. The van der Waals surface area contributed by atoms with Gasteiger partial charge in [-0.3, -0.25) is 0 Å². The van der Waals surface area contributed by atoms with Crippen molar-refractivity contribution in [1.82, 2.24) is 19.7 Å². The van der Waals surface area contributed by atoms with E-state index in [0.717, 1.165) is 42.5 Å². The highest BCUT2D eigenvalue weighted by Gasteiger charge is 2.25. The van der Waals surface area contributed by atoms with Crippen LogP contribution >= 0.6 is 0 Å². The van der Waals surface area contributed by atoms with Crippen LogP contribution in [0, 0.1) is 11.8 Å². The highest BCUT2D eigenvalue weighted by molar-refractivity contribution is 7.89. The Hall–Kier alpha value is -1.80. The highest BCUT2D eigenvalue weighted by Crippen LogP contribution is 2.29. The van der Waals surface area contributed by atoms with Crippen molar-refractivity contribution in [3.63, 3.8) is 0 Å². The van der Waals surface area contributed by atoms with Crippen LogP contribution in [0.4, 0.5) is 5.82 Å². The molecule has 2 heterocycles. The van der Waals surface area contributed by atoms with Crippen molar-refractivity contribution >= 4 is 33.1 Å². The van der Waals surface area contributed by atoms with Crippen LogP contribution in [0.2, 0.25) is 0 Å². The van der Waals surface area contributed by atoms with E-state index in [1.54, 1.807) is 6.33 Å².